The second kappa shape index (κ2) is 7.85. The molecule has 0 spiro atoms. The molecule has 0 radical (unpaired) electrons. The van der Waals surface area contributed by atoms with Gasteiger partial charge < -0.3 is 14.2 Å². The summed E-state index contributed by atoms with van der Waals surface area (Å²) < 4.78 is 6.50. The molecule has 1 aromatic heterocycles. The molecular formula is C19H28N2O4. The van der Waals surface area contributed by atoms with Gasteiger partial charge in [-0.1, -0.05) is 12.8 Å². The summed E-state index contributed by atoms with van der Waals surface area (Å²) in [4.78, 5) is 39.2. The molecule has 2 rings (SSSR count). The highest BCUT2D eigenvalue weighted by atomic mass is 16.5. The average Bonchev–Trinajstić information content (AvgIpc) is 3.19. The van der Waals surface area contributed by atoms with Gasteiger partial charge in [0, 0.05) is 30.8 Å². The lowest BCUT2D eigenvalue weighted by atomic mass is 10.0. The molecule has 0 aromatic carbocycles. The molecule has 1 saturated carbocycles. The quantitative estimate of drug-likeness (QED) is 0.585. The Labute approximate surface area is 149 Å². The molecule has 138 valence electrons. The van der Waals surface area contributed by atoms with Crippen molar-refractivity contribution < 1.29 is 19.1 Å². The van der Waals surface area contributed by atoms with Crippen molar-refractivity contribution in [2.24, 2.45) is 13.0 Å². The Balaban J connectivity index is 2.25. The van der Waals surface area contributed by atoms with E-state index in [2.05, 4.69) is 0 Å². The second-order valence-corrected chi connectivity index (χ2v) is 6.74. The Kier molecular flexibility index (Phi) is 6.03. The summed E-state index contributed by atoms with van der Waals surface area (Å²) in [6.07, 6.45) is 4.00. The molecule has 0 saturated heterocycles. The van der Waals surface area contributed by atoms with E-state index in [-0.39, 0.29) is 24.2 Å². The lowest BCUT2D eigenvalue weighted by Gasteiger charge is -2.23. The van der Waals surface area contributed by atoms with Gasteiger partial charge in [0.05, 0.1) is 13.7 Å². The standard InChI is InChI=1S/C19H28N2O4/c1-6-21(18(23)14-9-7-8-10-14)11-15(22)16-12(2)17(19(24)25-5)20(4)13(16)3/h14H,6-11H2,1-5H3. The van der Waals surface area contributed by atoms with Crippen molar-refractivity contribution in [1.29, 1.82) is 0 Å². The summed E-state index contributed by atoms with van der Waals surface area (Å²) in [6, 6.07) is 0. The predicted molar refractivity (Wildman–Crippen MR) is 94.8 cm³/mol. The predicted octanol–water partition coefficient (Wildman–Crippen LogP) is 2.65. The highest BCUT2D eigenvalue weighted by Gasteiger charge is 2.30. The van der Waals surface area contributed by atoms with Crippen LogP contribution in [0.5, 0.6) is 0 Å². The van der Waals surface area contributed by atoms with Crippen LogP contribution in [0.3, 0.4) is 0 Å². The van der Waals surface area contributed by atoms with Gasteiger partial charge in [-0.25, -0.2) is 4.79 Å². The summed E-state index contributed by atoms with van der Waals surface area (Å²) in [5.74, 6) is -0.463. The van der Waals surface area contributed by atoms with Gasteiger partial charge in [-0.05, 0) is 39.2 Å². The Morgan fingerprint density at radius 1 is 1.20 bits per heavy atom. The first-order valence-corrected chi connectivity index (χ1v) is 8.89. The Bertz CT molecular complexity index is 684. The number of carbonyl (C=O) groups excluding carboxylic acids is 3. The fraction of sp³-hybridized carbons (Fsp3) is 0.632. The third-order valence-electron chi connectivity index (χ3n) is 5.32. The van der Waals surface area contributed by atoms with Gasteiger partial charge >= 0.3 is 5.97 Å². The fourth-order valence-corrected chi connectivity index (χ4v) is 3.80. The molecule has 0 N–H and O–H groups in total. The fourth-order valence-electron chi connectivity index (χ4n) is 3.80. The van der Waals surface area contributed by atoms with Crippen molar-refractivity contribution in [2.75, 3.05) is 20.2 Å². The van der Waals surface area contributed by atoms with Gasteiger partial charge in [-0.2, -0.15) is 0 Å². The molecule has 1 fully saturated rings. The zero-order valence-corrected chi connectivity index (χ0v) is 15.8. The molecule has 6 nitrogen and oxygen atoms in total. The van der Waals surface area contributed by atoms with Crippen LogP contribution < -0.4 is 0 Å². The van der Waals surface area contributed by atoms with Gasteiger partial charge in [-0.3, -0.25) is 9.59 Å². The minimum absolute atomic E-state index is 0.0522. The number of ketones is 1. The molecule has 0 bridgehead atoms. The van der Waals surface area contributed by atoms with E-state index in [0.717, 1.165) is 25.7 Å². The number of nitrogens with zero attached hydrogens (tertiary/aromatic N) is 2. The van der Waals surface area contributed by atoms with Crippen LogP contribution in [0.25, 0.3) is 0 Å². The first-order valence-electron chi connectivity index (χ1n) is 8.89. The summed E-state index contributed by atoms with van der Waals surface area (Å²) in [6.45, 7) is 6.02. The van der Waals surface area contributed by atoms with Crippen molar-refractivity contribution in [3.05, 3.63) is 22.5 Å². The minimum Gasteiger partial charge on any atom is -0.464 e. The largest absolute Gasteiger partial charge is 0.464 e. The van der Waals surface area contributed by atoms with E-state index in [1.165, 1.54) is 7.11 Å². The number of Topliss-reactive ketones (excluding diaryl/α,β-unsaturated/α-hetero) is 1. The Hall–Kier alpha value is -2.11. The van der Waals surface area contributed by atoms with Crippen LogP contribution in [-0.2, 0) is 16.6 Å². The minimum atomic E-state index is -0.462. The number of methoxy groups -OCH3 is 1. The third-order valence-corrected chi connectivity index (χ3v) is 5.32. The van der Waals surface area contributed by atoms with E-state index >= 15 is 0 Å². The van der Waals surface area contributed by atoms with Crippen molar-refractivity contribution in [3.63, 3.8) is 0 Å². The lowest BCUT2D eigenvalue weighted by Crippen LogP contribution is -2.39. The van der Waals surface area contributed by atoms with Gasteiger partial charge in [0.25, 0.3) is 0 Å². The lowest BCUT2D eigenvalue weighted by molar-refractivity contribution is -0.134. The van der Waals surface area contributed by atoms with E-state index in [0.29, 0.717) is 29.1 Å². The van der Waals surface area contributed by atoms with Gasteiger partial charge in [0.15, 0.2) is 5.78 Å². The van der Waals surface area contributed by atoms with E-state index in [1.54, 1.807) is 23.4 Å². The molecule has 0 atom stereocenters. The normalized spacial score (nSPS) is 14.6. The maximum Gasteiger partial charge on any atom is 0.354 e. The summed E-state index contributed by atoms with van der Waals surface area (Å²) in [7, 11) is 3.07. The van der Waals surface area contributed by atoms with Crippen LogP contribution in [0.15, 0.2) is 0 Å². The molecule has 0 aliphatic heterocycles. The maximum absolute atomic E-state index is 12.9. The van der Waals surface area contributed by atoms with E-state index in [4.69, 9.17) is 4.74 Å². The Morgan fingerprint density at radius 3 is 2.32 bits per heavy atom. The first-order chi connectivity index (χ1) is 11.8. The molecule has 6 heteroatoms. The number of aromatic nitrogens is 1. The van der Waals surface area contributed by atoms with E-state index in [1.807, 2.05) is 13.8 Å². The number of esters is 1. The van der Waals surface area contributed by atoms with Crippen molar-refractivity contribution in [3.8, 4) is 0 Å². The monoisotopic (exact) mass is 348 g/mol. The van der Waals surface area contributed by atoms with Crippen molar-refractivity contribution >= 4 is 17.7 Å². The van der Waals surface area contributed by atoms with Crippen LogP contribution in [0, 0.1) is 19.8 Å². The second-order valence-electron chi connectivity index (χ2n) is 6.74. The summed E-state index contributed by atoms with van der Waals surface area (Å²) in [5.41, 5.74) is 2.22. The summed E-state index contributed by atoms with van der Waals surface area (Å²) in [5, 5.41) is 0. The number of amides is 1. The molecular weight excluding hydrogens is 320 g/mol. The van der Waals surface area contributed by atoms with Crippen molar-refractivity contribution in [2.45, 2.75) is 46.5 Å². The van der Waals surface area contributed by atoms with E-state index in [9.17, 15) is 14.4 Å². The maximum atomic E-state index is 12.9. The van der Waals surface area contributed by atoms with Crippen LogP contribution in [0.4, 0.5) is 0 Å². The van der Waals surface area contributed by atoms with Gasteiger partial charge in [0.1, 0.15) is 5.69 Å². The average molecular weight is 348 g/mol. The van der Waals surface area contributed by atoms with Crippen LogP contribution in [0.2, 0.25) is 0 Å². The summed E-state index contributed by atoms with van der Waals surface area (Å²) >= 11 is 0. The van der Waals surface area contributed by atoms with Crippen LogP contribution >= 0.6 is 0 Å². The number of hydrogen-bond donors (Lipinski definition) is 0. The number of carbonyl (C=O) groups is 3. The molecule has 0 unspecified atom stereocenters. The van der Waals surface area contributed by atoms with Crippen LogP contribution in [0.1, 0.15) is 64.7 Å². The SMILES string of the molecule is CCN(CC(=O)c1c(C)c(C(=O)OC)n(C)c1C)C(=O)C1CCCC1. The first kappa shape index (κ1) is 19.2. The Morgan fingerprint density at radius 2 is 1.80 bits per heavy atom. The molecule has 1 aliphatic carbocycles. The molecule has 25 heavy (non-hydrogen) atoms. The zero-order chi connectivity index (χ0) is 18.7. The highest BCUT2D eigenvalue weighted by molar-refractivity contribution is 6.04. The molecule has 1 aromatic rings. The topological polar surface area (TPSA) is 68.6 Å². The van der Waals surface area contributed by atoms with Crippen LogP contribution in [-0.4, -0.2) is 47.3 Å². The zero-order valence-electron chi connectivity index (χ0n) is 15.8. The van der Waals surface area contributed by atoms with Gasteiger partial charge in [0.2, 0.25) is 5.91 Å². The smallest absolute Gasteiger partial charge is 0.354 e. The molecule has 1 amide bonds. The third kappa shape index (κ3) is 3.62. The number of rotatable bonds is 6. The highest BCUT2D eigenvalue weighted by Crippen LogP contribution is 2.27. The van der Waals surface area contributed by atoms with E-state index < -0.39 is 5.97 Å². The number of likely N-dealkylation sites (N-methyl/N-ethyl adjacent to an activating group) is 1. The van der Waals surface area contributed by atoms with Gasteiger partial charge in [-0.15, -0.1) is 0 Å². The number of ether oxygens (including phenoxy) is 1. The van der Waals surface area contributed by atoms with Crippen molar-refractivity contribution in [1.82, 2.24) is 9.47 Å². The molecule has 1 aliphatic rings. The number of hydrogen-bond acceptors (Lipinski definition) is 4. The molecule has 1 heterocycles.